The van der Waals surface area contributed by atoms with Gasteiger partial charge < -0.3 is 15.4 Å². The fraction of sp³-hybridized carbons (Fsp3) is 0.0667. The van der Waals surface area contributed by atoms with Crippen LogP contribution in [0, 0.1) is 0 Å². The largest absolute Gasteiger partial charge is 0.497 e. The van der Waals surface area contributed by atoms with Crippen molar-refractivity contribution in [1.82, 2.24) is 0 Å². The predicted octanol–water partition coefficient (Wildman–Crippen LogP) is 5.45. The Morgan fingerprint density at radius 3 is 2.18 bits per heavy atom. The number of amides is 2. The van der Waals surface area contributed by atoms with Crippen molar-refractivity contribution in [3.8, 4) is 5.75 Å². The van der Waals surface area contributed by atoms with E-state index in [1.165, 1.54) is 11.8 Å². The number of hydrogen-bond acceptors (Lipinski definition) is 6. The van der Waals surface area contributed by atoms with Gasteiger partial charge in [0.25, 0.3) is 5.91 Å². The third-order valence-corrected chi connectivity index (χ3v) is 7.03. The van der Waals surface area contributed by atoms with E-state index >= 15 is 0 Å². The molecule has 5 rings (SSSR count). The second-order valence-electron chi connectivity index (χ2n) is 8.48. The van der Waals surface area contributed by atoms with Crippen LogP contribution in [0.3, 0.4) is 0 Å². The van der Waals surface area contributed by atoms with Crippen molar-refractivity contribution in [3.63, 3.8) is 0 Å². The Morgan fingerprint density at radius 1 is 0.763 bits per heavy atom. The molecule has 0 radical (unpaired) electrons. The van der Waals surface area contributed by atoms with Gasteiger partial charge in [-0.25, -0.2) is 0 Å². The number of benzene rings is 4. The fourth-order valence-electron chi connectivity index (χ4n) is 4.19. The summed E-state index contributed by atoms with van der Waals surface area (Å²) < 4.78 is 5.12. The molecule has 0 saturated heterocycles. The minimum Gasteiger partial charge on any atom is -0.497 e. The molecular formula is C30H22N2O5S. The van der Waals surface area contributed by atoms with Gasteiger partial charge in [-0.15, -0.1) is 11.8 Å². The Bertz CT molecular complexity index is 1580. The number of ether oxygens (including phenoxy) is 1. The third kappa shape index (κ3) is 5.07. The molecule has 8 heteroatoms. The Balaban J connectivity index is 1.24. The molecule has 2 amide bonds. The lowest BCUT2D eigenvalue weighted by molar-refractivity contribution is -0.113. The number of nitrogens with one attached hydrogen (secondary N) is 2. The molecule has 0 bridgehead atoms. The highest BCUT2D eigenvalue weighted by Crippen LogP contribution is 2.32. The molecule has 2 N–H and O–H groups in total. The van der Waals surface area contributed by atoms with Crippen molar-refractivity contribution in [2.24, 2.45) is 0 Å². The van der Waals surface area contributed by atoms with Crippen LogP contribution in [-0.4, -0.2) is 36.2 Å². The van der Waals surface area contributed by atoms with E-state index in [0.29, 0.717) is 33.8 Å². The van der Waals surface area contributed by atoms with Crippen molar-refractivity contribution >= 4 is 46.5 Å². The smallest absolute Gasteiger partial charge is 0.255 e. The van der Waals surface area contributed by atoms with Crippen LogP contribution in [0.15, 0.2) is 95.9 Å². The minimum atomic E-state index is -0.324. The van der Waals surface area contributed by atoms with Crippen LogP contribution in [0.1, 0.15) is 42.2 Å². The van der Waals surface area contributed by atoms with E-state index in [0.717, 1.165) is 4.90 Å². The molecule has 0 saturated carbocycles. The monoisotopic (exact) mass is 522 g/mol. The Kier molecular flexibility index (Phi) is 7.06. The predicted molar refractivity (Wildman–Crippen MR) is 146 cm³/mol. The topological polar surface area (TPSA) is 102 Å². The first-order valence-corrected chi connectivity index (χ1v) is 12.7. The van der Waals surface area contributed by atoms with E-state index in [-0.39, 0.29) is 40.3 Å². The third-order valence-electron chi connectivity index (χ3n) is 6.04. The zero-order chi connectivity index (χ0) is 26.6. The van der Waals surface area contributed by atoms with Gasteiger partial charge in [0.05, 0.1) is 24.1 Å². The number of anilines is 2. The number of methoxy groups -OCH3 is 1. The molecule has 4 aromatic carbocycles. The average Bonchev–Trinajstić information content (AvgIpc) is 2.95. The molecule has 0 atom stereocenters. The first-order valence-electron chi connectivity index (χ1n) is 11.7. The van der Waals surface area contributed by atoms with Gasteiger partial charge >= 0.3 is 0 Å². The summed E-state index contributed by atoms with van der Waals surface area (Å²) in [5, 5.41) is 5.64. The lowest BCUT2D eigenvalue weighted by atomic mass is 9.83. The molecular weight excluding hydrogens is 500 g/mol. The molecule has 188 valence electrons. The summed E-state index contributed by atoms with van der Waals surface area (Å²) in [4.78, 5) is 52.2. The van der Waals surface area contributed by atoms with Gasteiger partial charge in [-0.05, 0) is 48.5 Å². The van der Waals surface area contributed by atoms with Crippen LogP contribution in [-0.2, 0) is 4.79 Å². The summed E-state index contributed by atoms with van der Waals surface area (Å²) in [6.07, 6.45) is 0. The molecule has 0 aliphatic heterocycles. The van der Waals surface area contributed by atoms with E-state index in [4.69, 9.17) is 4.74 Å². The summed E-state index contributed by atoms with van der Waals surface area (Å²) in [5.41, 5.74) is 2.57. The summed E-state index contributed by atoms with van der Waals surface area (Å²) in [6.45, 7) is 0. The van der Waals surface area contributed by atoms with Gasteiger partial charge in [-0.3, -0.25) is 19.2 Å². The van der Waals surface area contributed by atoms with Crippen molar-refractivity contribution in [2.75, 3.05) is 23.5 Å². The first-order chi connectivity index (χ1) is 18.4. The standard InChI is InChI=1S/C30H22N2O5S/c1-37-20-14-12-18(13-15-20)30(36)31-19-6-4-7-21(16-19)38-17-26(33)32-25-11-5-10-24-27(25)29(35)23-9-3-2-8-22(23)28(24)34/h2-16H,17H2,1H3,(H,31,36)(H,32,33). The maximum Gasteiger partial charge on any atom is 0.255 e. The average molecular weight is 523 g/mol. The van der Waals surface area contributed by atoms with Crippen LogP contribution >= 0.6 is 11.8 Å². The second-order valence-corrected chi connectivity index (χ2v) is 9.53. The Morgan fingerprint density at radius 2 is 1.45 bits per heavy atom. The van der Waals surface area contributed by atoms with Gasteiger partial charge in [0.15, 0.2) is 11.6 Å². The van der Waals surface area contributed by atoms with Gasteiger partial charge in [-0.2, -0.15) is 0 Å². The molecule has 0 aromatic heterocycles. The van der Waals surface area contributed by atoms with Crippen LogP contribution in [0.4, 0.5) is 11.4 Å². The fourth-order valence-corrected chi connectivity index (χ4v) is 4.95. The number of hydrogen-bond donors (Lipinski definition) is 2. The maximum atomic E-state index is 13.1. The van der Waals surface area contributed by atoms with Crippen molar-refractivity contribution in [1.29, 1.82) is 0 Å². The Hall–Kier alpha value is -4.69. The highest BCUT2D eigenvalue weighted by Gasteiger charge is 2.31. The molecule has 1 aliphatic carbocycles. The van der Waals surface area contributed by atoms with Gasteiger partial charge in [-0.1, -0.05) is 42.5 Å². The normalized spacial score (nSPS) is 11.8. The zero-order valence-electron chi connectivity index (χ0n) is 20.3. The number of carbonyl (C=O) groups is 4. The number of thioether (sulfide) groups is 1. The summed E-state index contributed by atoms with van der Waals surface area (Å²) in [7, 11) is 1.56. The van der Waals surface area contributed by atoms with E-state index in [2.05, 4.69) is 10.6 Å². The van der Waals surface area contributed by atoms with Crippen LogP contribution in [0.25, 0.3) is 0 Å². The number of carbonyl (C=O) groups excluding carboxylic acids is 4. The van der Waals surface area contributed by atoms with Gasteiger partial charge in [0, 0.05) is 32.8 Å². The lowest BCUT2D eigenvalue weighted by Crippen LogP contribution is -2.24. The zero-order valence-corrected chi connectivity index (χ0v) is 21.1. The van der Waals surface area contributed by atoms with Crippen molar-refractivity contribution in [3.05, 3.63) is 119 Å². The molecule has 0 spiro atoms. The highest BCUT2D eigenvalue weighted by atomic mass is 32.2. The van der Waals surface area contributed by atoms with E-state index in [9.17, 15) is 19.2 Å². The molecule has 4 aromatic rings. The van der Waals surface area contributed by atoms with Gasteiger partial charge in [0.2, 0.25) is 5.91 Å². The van der Waals surface area contributed by atoms with Crippen molar-refractivity contribution < 1.29 is 23.9 Å². The van der Waals surface area contributed by atoms with E-state index in [1.54, 1.807) is 92.0 Å². The summed E-state index contributed by atoms with van der Waals surface area (Å²) >= 11 is 1.29. The molecule has 0 heterocycles. The van der Waals surface area contributed by atoms with Gasteiger partial charge in [0.1, 0.15) is 5.75 Å². The number of fused-ring (bicyclic) bond motifs is 2. The highest BCUT2D eigenvalue weighted by molar-refractivity contribution is 8.00. The number of ketones is 2. The summed E-state index contributed by atoms with van der Waals surface area (Å²) in [6, 6.07) is 25.5. The lowest BCUT2D eigenvalue weighted by Gasteiger charge is -2.20. The molecule has 1 aliphatic rings. The minimum absolute atomic E-state index is 0.0677. The second kappa shape index (κ2) is 10.7. The molecule has 0 fully saturated rings. The molecule has 38 heavy (non-hydrogen) atoms. The molecule has 7 nitrogen and oxygen atoms in total. The van der Waals surface area contributed by atoms with E-state index < -0.39 is 0 Å². The summed E-state index contributed by atoms with van der Waals surface area (Å²) in [5.74, 6) is -0.390. The first kappa shape index (κ1) is 25.0. The number of rotatable bonds is 7. The van der Waals surface area contributed by atoms with Crippen LogP contribution in [0.5, 0.6) is 5.75 Å². The van der Waals surface area contributed by atoms with Crippen molar-refractivity contribution in [2.45, 2.75) is 4.90 Å². The van der Waals surface area contributed by atoms with E-state index in [1.807, 2.05) is 6.07 Å². The maximum absolute atomic E-state index is 13.1. The Labute approximate surface area is 223 Å². The van der Waals surface area contributed by atoms with Crippen LogP contribution < -0.4 is 15.4 Å². The quantitative estimate of drug-likeness (QED) is 0.276. The van der Waals surface area contributed by atoms with Crippen LogP contribution in [0.2, 0.25) is 0 Å². The SMILES string of the molecule is COc1ccc(C(=O)Nc2cccc(SCC(=O)Nc3cccc4c3C(=O)c3ccccc3C4=O)c2)cc1. The molecule has 0 unspecified atom stereocenters.